The van der Waals surface area contributed by atoms with Crippen molar-refractivity contribution in [3.8, 4) is 0 Å². The summed E-state index contributed by atoms with van der Waals surface area (Å²) in [6, 6.07) is 1.28. The number of likely N-dealkylation sites (tertiary alicyclic amines) is 1. The summed E-state index contributed by atoms with van der Waals surface area (Å²) in [7, 11) is 0. The first kappa shape index (κ1) is 11.7. The lowest BCUT2D eigenvalue weighted by molar-refractivity contribution is 0.0695. The molecule has 1 N–H and O–H groups in total. The molecule has 1 saturated heterocycles. The monoisotopic (exact) mass is 237 g/mol. The number of carbonyl (C=O) groups excluding carboxylic acids is 1. The van der Waals surface area contributed by atoms with Gasteiger partial charge >= 0.3 is 5.97 Å². The van der Waals surface area contributed by atoms with Gasteiger partial charge in [0.1, 0.15) is 6.26 Å². The van der Waals surface area contributed by atoms with E-state index in [0.29, 0.717) is 5.92 Å². The Bertz CT molecular complexity index is 437. The third-order valence-corrected chi connectivity index (χ3v) is 3.21. The molecule has 0 aliphatic carbocycles. The first-order valence-corrected chi connectivity index (χ1v) is 5.73. The van der Waals surface area contributed by atoms with E-state index < -0.39 is 5.97 Å². The van der Waals surface area contributed by atoms with E-state index in [9.17, 15) is 9.59 Å². The predicted octanol–water partition coefficient (Wildman–Crippen LogP) is 1.85. The normalized spacial score (nSPS) is 19.6. The molecule has 1 aliphatic rings. The summed E-state index contributed by atoms with van der Waals surface area (Å²) in [6.07, 6.45) is 3.17. The molecule has 5 nitrogen and oxygen atoms in total. The van der Waals surface area contributed by atoms with Crippen LogP contribution >= 0.6 is 0 Å². The lowest BCUT2D eigenvalue weighted by Gasteiger charge is -2.14. The molecule has 17 heavy (non-hydrogen) atoms. The summed E-state index contributed by atoms with van der Waals surface area (Å²) >= 11 is 0. The van der Waals surface area contributed by atoms with Crippen molar-refractivity contribution in [2.45, 2.75) is 19.8 Å². The topological polar surface area (TPSA) is 70.8 Å². The van der Waals surface area contributed by atoms with Crippen molar-refractivity contribution in [3.63, 3.8) is 0 Å². The van der Waals surface area contributed by atoms with Gasteiger partial charge in [-0.3, -0.25) is 4.79 Å². The van der Waals surface area contributed by atoms with Crippen LogP contribution in [0, 0.1) is 5.92 Å². The van der Waals surface area contributed by atoms with Gasteiger partial charge in [-0.15, -0.1) is 0 Å². The quantitative estimate of drug-likeness (QED) is 0.870. The maximum atomic E-state index is 12.0. The smallest absolute Gasteiger partial charge is 0.338 e. The third kappa shape index (κ3) is 2.33. The summed E-state index contributed by atoms with van der Waals surface area (Å²) in [6.45, 7) is 3.56. The van der Waals surface area contributed by atoms with Gasteiger partial charge in [-0.05, 0) is 12.3 Å². The second-order valence-corrected chi connectivity index (χ2v) is 4.32. The molecule has 0 aromatic carbocycles. The fraction of sp³-hybridized carbons (Fsp3) is 0.500. The zero-order chi connectivity index (χ0) is 12.4. The van der Waals surface area contributed by atoms with Gasteiger partial charge in [0.05, 0.1) is 5.56 Å². The molecule has 1 atom stereocenters. The zero-order valence-electron chi connectivity index (χ0n) is 9.68. The number of carboxylic acid groups (broad SMARTS) is 1. The Balaban J connectivity index is 2.07. The van der Waals surface area contributed by atoms with Gasteiger partial charge in [0.25, 0.3) is 5.91 Å². The van der Waals surface area contributed by atoms with Crippen LogP contribution in [0.5, 0.6) is 0 Å². The van der Waals surface area contributed by atoms with Gasteiger partial charge in [-0.2, -0.15) is 0 Å². The number of aromatic carboxylic acids is 1. The SMILES string of the molecule is CCC1CCN(C(=O)c2cc(C(=O)O)co2)C1. The molecular formula is C12H15NO4. The van der Waals surface area contributed by atoms with Crippen molar-refractivity contribution in [1.29, 1.82) is 0 Å². The molecule has 0 radical (unpaired) electrons. The van der Waals surface area contributed by atoms with Crippen LogP contribution in [-0.2, 0) is 0 Å². The number of carboxylic acids is 1. The molecule has 1 fully saturated rings. The Morgan fingerprint density at radius 1 is 1.59 bits per heavy atom. The summed E-state index contributed by atoms with van der Waals surface area (Å²) in [5.41, 5.74) is 0.0135. The lowest BCUT2D eigenvalue weighted by Crippen LogP contribution is -2.28. The highest BCUT2D eigenvalue weighted by Gasteiger charge is 2.27. The van der Waals surface area contributed by atoms with E-state index in [2.05, 4.69) is 6.92 Å². The highest BCUT2D eigenvalue weighted by Crippen LogP contribution is 2.21. The van der Waals surface area contributed by atoms with Crippen molar-refractivity contribution in [3.05, 3.63) is 23.7 Å². The van der Waals surface area contributed by atoms with E-state index in [1.54, 1.807) is 4.90 Å². The molecule has 1 aliphatic heterocycles. The second kappa shape index (κ2) is 4.61. The lowest BCUT2D eigenvalue weighted by atomic mass is 10.1. The van der Waals surface area contributed by atoms with Crippen LogP contribution in [0.3, 0.4) is 0 Å². The third-order valence-electron chi connectivity index (χ3n) is 3.21. The molecule has 1 aromatic rings. The molecule has 2 heterocycles. The van der Waals surface area contributed by atoms with Gasteiger partial charge < -0.3 is 14.4 Å². The molecular weight excluding hydrogens is 222 g/mol. The average Bonchev–Trinajstić information content (AvgIpc) is 2.97. The first-order chi connectivity index (χ1) is 8.11. The second-order valence-electron chi connectivity index (χ2n) is 4.32. The van der Waals surface area contributed by atoms with E-state index in [1.807, 2.05) is 0 Å². The van der Waals surface area contributed by atoms with Crippen LogP contribution in [-0.4, -0.2) is 35.0 Å². The van der Waals surface area contributed by atoms with Crippen molar-refractivity contribution in [2.75, 3.05) is 13.1 Å². The number of nitrogens with zero attached hydrogens (tertiary/aromatic N) is 1. The van der Waals surface area contributed by atoms with Crippen LogP contribution < -0.4 is 0 Å². The molecule has 2 rings (SSSR count). The van der Waals surface area contributed by atoms with E-state index in [4.69, 9.17) is 9.52 Å². The van der Waals surface area contributed by atoms with E-state index in [1.165, 1.54) is 6.07 Å². The number of amides is 1. The summed E-state index contributed by atoms with van der Waals surface area (Å²) in [4.78, 5) is 24.4. The minimum atomic E-state index is -1.08. The summed E-state index contributed by atoms with van der Waals surface area (Å²) in [5, 5.41) is 8.74. The van der Waals surface area contributed by atoms with Crippen molar-refractivity contribution < 1.29 is 19.1 Å². The predicted molar refractivity (Wildman–Crippen MR) is 60.0 cm³/mol. The molecule has 1 aromatic heterocycles. The van der Waals surface area contributed by atoms with Crippen molar-refractivity contribution >= 4 is 11.9 Å². The Hall–Kier alpha value is -1.78. The van der Waals surface area contributed by atoms with Crippen LogP contribution in [0.25, 0.3) is 0 Å². The number of furan rings is 1. The van der Waals surface area contributed by atoms with E-state index in [0.717, 1.165) is 32.2 Å². The maximum Gasteiger partial charge on any atom is 0.338 e. The molecule has 0 spiro atoms. The molecule has 5 heteroatoms. The standard InChI is InChI=1S/C12H15NO4/c1-2-8-3-4-13(6-8)11(14)10-5-9(7-17-10)12(15)16/h5,7-8H,2-4,6H2,1H3,(H,15,16). The Morgan fingerprint density at radius 3 is 2.88 bits per heavy atom. The Kier molecular flexibility index (Phi) is 3.17. The number of hydrogen-bond acceptors (Lipinski definition) is 3. The van der Waals surface area contributed by atoms with Crippen LogP contribution in [0.4, 0.5) is 0 Å². The summed E-state index contributed by atoms with van der Waals surface area (Å²) in [5.74, 6) is -0.638. The highest BCUT2D eigenvalue weighted by atomic mass is 16.4. The van der Waals surface area contributed by atoms with Crippen LogP contribution in [0.15, 0.2) is 16.7 Å². The van der Waals surface area contributed by atoms with Crippen LogP contribution in [0.2, 0.25) is 0 Å². The zero-order valence-corrected chi connectivity index (χ0v) is 9.68. The molecule has 92 valence electrons. The number of hydrogen-bond donors (Lipinski definition) is 1. The fourth-order valence-corrected chi connectivity index (χ4v) is 2.07. The van der Waals surface area contributed by atoms with Crippen LogP contribution in [0.1, 0.15) is 40.7 Å². The Labute approximate surface area is 99.0 Å². The van der Waals surface area contributed by atoms with Gasteiger partial charge in [0, 0.05) is 19.2 Å². The Morgan fingerprint density at radius 2 is 2.35 bits per heavy atom. The van der Waals surface area contributed by atoms with Gasteiger partial charge in [-0.25, -0.2) is 4.79 Å². The number of rotatable bonds is 3. The molecule has 0 saturated carbocycles. The molecule has 0 bridgehead atoms. The minimum absolute atomic E-state index is 0.0135. The van der Waals surface area contributed by atoms with Gasteiger partial charge in [0.2, 0.25) is 0 Å². The maximum absolute atomic E-state index is 12.0. The van der Waals surface area contributed by atoms with Gasteiger partial charge in [0.15, 0.2) is 5.76 Å². The van der Waals surface area contributed by atoms with Crippen molar-refractivity contribution in [1.82, 2.24) is 4.90 Å². The minimum Gasteiger partial charge on any atom is -0.478 e. The van der Waals surface area contributed by atoms with Gasteiger partial charge in [-0.1, -0.05) is 13.3 Å². The molecule has 1 amide bonds. The average molecular weight is 237 g/mol. The first-order valence-electron chi connectivity index (χ1n) is 5.73. The van der Waals surface area contributed by atoms with E-state index >= 15 is 0 Å². The number of carbonyl (C=O) groups is 2. The summed E-state index contributed by atoms with van der Waals surface area (Å²) < 4.78 is 5.00. The van der Waals surface area contributed by atoms with Crippen molar-refractivity contribution in [2.24, 2.45) is 5.92 Å². The van der Waals surface area contributed by atoms with E-state index in [-0.39, 0.29) is 17.2 Å². The highest BCUT2D eigenvalue weighted by molar-refractivity contribution is 5.95. The fourth-order valence-electron chi connectivity index (χ4n) is 2.07. The largest absolute Gasteiger partial charge is 0.478 e. The molecule has 1 unspecified atom stereocenters.